The molecular weight excluding hydrogens is 186 g/mol. The van der Waals surface area contributed by atoms with Gasteiger partial charge >= 0.3 is 0 Å². The van der Waals surface area contributed by atoms with Gasteiger partial charge in [0, 0.05) is 18.6 Å². The average molecular weight is 206 g/mol. The zero-order valence-corrected chi connectivity index (χ0v) is 8.97. The molecule has 1 fully saturated rings. The molecule has 0 spiro atoms. The van der Waals surface area contributed by atoms with Gasteiger partial charge in [-0.25, -0.2) is 8.78 Å². The summed E-state index contributed by atoms with van der Waals surface area (Å²) in [6.45, 7) is 5.75. The van der Waals surface area contributed by atoms with Crippen molar-refractivity contribution in [1.29, 1.82) is 0 Å². The van der Waals surface area contributed by atoms with Gasteiger partial charge in [-0.1, -0.05) is 13.8 Å². The first-order valence-corrected chi connectivity index (χ1v) is 5.35. The maximum Gasteiger partial charge on any atom is 0.251 e. The zero-order chi connectivity index (χ0) is 10.6. The maximum absolute atomic E-state index is 12.2. The normalized spacial score (nSPS) is 24.0. The smallest absolute Gasteiger partial charge is 0.251 e. The van der Waals surface area contributed by atoms with Crippen LogP contribution in [0, 0.1) is 0 Å². The van der Waals surface area contributed by atoms with Gasteiger partial charge in [0.05, 0.1) is 6.54 Å². The lowest BCUT2D eigenvalue weighted by atomic mass is 10.2. The van der Waals surface area contributed by atoms with Crippen molar-refractivity contribution >= 4 is 0 Å². The molecule has 1 N–H and O–H groups in total. The highest BCUT2D eigenvalue weighted by Gasteiger charge is 2.26. The molecule has 1 saturated heterocycles. The van der Waals surface area contributed by atoms with Crippen molar-refractivity contribution in [3.05, 3.63) is 0 Å². The molecule has 0 aromatic rings. The average Bonchev–Trinajstić information content (AvgIpc) is 2.47. The lowest BCUT2D eigenvalue weighted by molar-refractivity contribution is 0.0817. The lowest BCUT2D eigenvalue weighted by Gasteiger charge is -2.25. The second-order valence-electron chi connectivity index (χ2n) is 4.25. The van der Waals surface area contributed by atoms with Crippen LogP contribution in [0.5, 0.6) is 0 Å². The Morgan fingerprint density at radius 1 is 1.43 bits per heavy atom. The first-order valence-electron chi connectivity index (χ1n) is 5.35. The Morgan fingerprint density at radius 2 is 2.14 bits per heavy atom. The molecule has 2 nitrogen and oxygen atoms in total. The minimum Gasteiger partial charge on any atom is -0.313 e. The molecule has 0 radical (unpaired) electrons. The first-order chi connectivity index (χ1) is 6.59. The van der Waals surface area contributed by atoms with Crippen molar-refractivity contribution in [2.24, 2.45) is 0 Å². The summed E-state index contributed by atoms with van der Waals surface area (Å²) in [5.74, 6) is 0. The molecule has 0 aliphatic carbocycles. The Bertz CT molecular complexity index is 162. The minimum atomic E-state index is -2.20. The predicted molar refractivity (Wildman–Crippen MR) is 53.7 cm³/mol. The van der Waals surface area contributed by atoms with E-state index in [1.807, 2.05) is 4.90 Å². The van der Waals surface area contributed by atoms with Gasteiger partial charge in [0.1, 0.15) is 0 Å². The monoisotopic (exact) mass is 206 g/mol. The van der Waals surface area contributed by atoms with Gasteiger partial charge in [0.25, 0.3) is 6.43 Å². The second kappa shape index (κ2) is 5.61. The summed E-state index contributed by atoms with van der Waals surface area (Å²) in [6.07, 6.45) is -0.0986. The molecule has 4 heteroatoms. The van der Waals surface area contributed by atoms with E-state index < -0.39 is 6.43 Å². The molecule has 1 aliphatic heterocycles. The third kappa shape index (κ3) is 3.88. The Kier molecular flexibility index (Phi) is 4.75. The van der Waals surface area contributed by atoms with E-state index in [-0.39, 0.29) is 6.54 Å². The van der Waals surface area contributed by atoms with E-state index in [9.17, 15) is 8.78 Å². The van der Waals surface area contributed by atoms with Crippen LogP contribution in [-0.2, 0) is 0 Å². The minimum absolute atomic E-state index is 0.0650. The van der Waals surface area contributed by atoms with Crippen molar-refractivity contribution in [3.63, 3.8) is 0 Å². The first kappa shape index (κ1) is 11.9. The van der Waals surface area contributed by atoms with E-state index in [1.165, 1.54) is 0 Å². The van der Waals surface area contributed by atoms with Crippen LogP contribution in [0.25, 0.3) is 0 Å². The second-order valence-corrected chi connectivity index (χ2v) is 4.25. The van der Waals surface area contributed by atoms with Crippen LogP contribution in [0.15, 0.2) is 0 Å². The van der Waals surface area contributed by atoms with Gasteiger partial charge in [0.15, 0.2) is 0 Å². The fourth-order valence-electron chi connectivity index (χ4n) is 1.92. The van der Waals surface area contributed by atoms with Crippen molar-refractivity contribution in [2.75, 3.05) is 19.6 Å². The van der Waals surface area contributed by atoms with Crippen molar-refractivity contribution in [3.8, 4) is 0 Å². The molecule has 1 aliphatic rings. The van der Waals surface area contributed by atoms with Crippen LogP contribution in [0.4, 0.5) is 8.78 Å². The van der Waals surface area contributed by atoms with Crippen LogP contribution >= 0.6 is 0 Å². The summed E-state index contributed by atoms with van der Waals surface area (Å²) in [5.41, 5.74) is 0. The number of nitrogens with one attached hydrogen (secondary N) is 1. The summed E-state index contributed by atoms with van der Waals surface area (Å²) in [4.78, 5) is 1.90. The van der Waals surface area contributed by atoms with Crippen LogP contribution < -0.4 is 5.32 Å². The summed E-state index contributed by atoms with van der Waals surface area (Å²) in [6, 6.07) is 0.746. The number of alkyl halides is 2. The number of halogens is 2. The van der Waals surface area contributed by atoms with E-state index in [1.54, 1.807) is 0 Å². The number of likely N-dealkylation sites (tertiary alicyclic amines) is 1. The van der Waals surface area contributed by atoms with Crippen LogP contribution in [0.1, 0.15) is 26.7 Å². The third-order valence-corrected chi connectivity index (χ3v) is 2.63. The van der Waals surface area contributed by atoms with E-state index in [4.69, 9.17) is 0 Å². The molecule has 0 saturated carbocycles. The molecule has 1 rings (SSSR count). The van der Waals surface area contributed by atoms with Crippen LogP contribution in [0.3, 0.4) is 0 Å². The molecule has 1 atom stereocenters. The van der Waals surface area contributed by atoms with Crippen molar-refractivity contribution < 1.29 is 8.78 Å². The van der Waals surface area contributed by atoms with Crippen molar-refractivity contribution in [2.45, 2.75) is 45.2 Å². The molecule has 0 aromatic heterocycles. The van der Waals surface area contributed by atoms with Gasteiger partial charge in [-0.05, 0) is 19.4 Å². The summed E-state index contributed by atoms with van der Waals surface area (Å²) < 4.78 is 24.4. The van der Waals surface area contributed by atoms with E-state index in [0.29, 0.717) is 12.1 Å². The van der Waals surface area contributed by atoms with Gasteiger partial charge in [-0.2, -0.15) is 0 Å². The lowest BCUT2D eigenvalue weighted by Crippen LogP contribution is -2.42. The van der Waals surface area contributed by atoms with Gasteiger partial charge in [-0.15, -0.1) is 0 Å². The van der Waals surface area contributed by atoms with Crippen LogP contribution in [0.2, 0.25) is 0 Å². The molecule has 0 bridgehead atoms. The molecule has 1 unspecified atom stereocenters. The van der Waals surface area contributed by atoms with Gasteiger partial charge < -0.3 is 5.32 Å². The fraction of sp³-hybridized carbons (Fsp3) is 1.00. The molecule has 14 heavy (non-hydrogen) atoms. The number of hydrogen-bond acceptors (Lipinski definition) is 2. The largest absolute Gasteiger partial charge is 0.313 e. The van der Waals surface area contributed by atoms with Gasteiger partial charge in [0.2, 0.25) is 0 Å². The SMILES string of the molecule is CC(C)NCC1CCCN1CC(F)F. The van der Waals surface area contributed by atoms with E-state index >= 15 is 0 Å². The predicted octanol–water partition coefficient (Wildman–Crippen LogP) is 1.71. The Morgan fingerprint density at radius 3 is 2.71 bits per heavy atom. The van der Waals surface area contributed by atoms with Crippen LogP contribution in [-0.4, -0.2) is 43.0 Å². The quantitative estimate of drug-likeness (QED) is 0.736. The standard InChI is InChI=1S/C10H20F2N2/c1-8(2)13-6-9-4-3-5-14(9)7-10(11)12/h8-10,13H,3-7H2,1-2H3. The van der Waals surface area contributed by atoms with E-state index in [0.717, 1.165) is 25.9 Å². The van der Waals surface area contributed by atoms with Gasteiger partial charge in [-0.3, -0.25) is 4.90 Å². The molecule has 84 valence electrons. The number of rotatable bonds is 5. The topological polar surface area (TPSA) is 15.3 Å². The third-order valence-electron chi connectivity index (χ3n) is 2.63. The summed E-state index contributed by atoms with van der Waals surface area (Å²) in [7, 11) is 0. The molecule has 0 aromatic carbocycles. The highest BCUT2D eigenvalue weighted by molar-refractivity contribution is 4.81. The Labute approximate surface area is 84.7 Å². The zero-order valence-electron chi connectivity index (χ0n) is 8.97. The molecule has 0 amide bonds. The van der Waals surface area contributed by atoms with Crippen molar-refractivity contribution in [1.82, 2.24) is 10.2 Å². The summed E-state index contributed by atoms with van der Waals surface area (Å²) >= 11 is 0. The number of hydrogen-bond donors (Lipinski definition) is 1. The Balaban J connectivity index is 2.28. The highest BCUT2D eigenvalue weighted by atomic mass is 19.3. The van der Waals surface area contributed by atoms with E-state index in [2.05, 4.69) is 19.2 Å². The fourth-order valence-corrected chi connectivity index (χ4v) is 1.92. The highest BCUT2D eigenvalue weighted by Crippen LogP contribution is 2.17. The molecule has 1 heterocycles. The maximum atomic E-state index is 12.2. The molecular formula is C10H20F2N2. The summed E-state index contributed by atoms with van der Waals surface area (Å²) in [5, 5.41) is 3.30. The number of nitrogens with zero attached hydrogens (tertiary/aromatic N) is 1. The Hall–Kier alpha value is -0.220.